The predicted molar refractivity (Wildman–Crippen MR) is 45.5 cm³/mol. The lowest BCUT2D eigenvalue weighted by Gasteiger charge is -1.70. The van der Waals surface area contributed by atoms with E-state index in [1.165, 1.54) is 0 Å². The fraction of sp³-hybridized carbons (Fsp3) is 0. The molecule has 1 heterocycles. The molecule has 0 aliphatic carbocycles. The highest BCUT2D eigenvalue weighted by atomic mass is 32.1. The number of hydrogen-bond donors (Lipinski definition) is 0. The van der Waals surface area contributed by atoms with Crippen LogP contribution in [0.5, 0.6) is 0 Å². The van der Waals surface area contributed by atoms with E-state index in [1.54, 1.807) is 12.4 Å². The highest BCUT2D eigenvalue weighted by Gasteiger charge is 1.58. The van der Waals surface area contributed by atoms with Gasteiger partial charge in [-0.3, -0.25) is 4.98 Å². The summed E-state index contributed by atoms with van der Waals surface area (Å²) in [7, 11) is 0. The maximum Gasteiger partial charge on any atom is 0.0267 e. The highest BCUT2D eigenvalue weighted by Crippen LogP contribution is 1.73. The van der Waals surface area contributed by atoms with Gasteiger partial charge in [0.05, 0.1) is 0 Å². The van der Waals surface area contributed by atoms with E-state index in [0.717, 1.165) is 0 Å². The first-order valence-corrected chi connectivity index (χ1v) is 1.85. The molecular formula is C5H13NO3S. The third-order valence-electron chi connectivity index (χ3n) is 0.566. The van der Waals surface area contributed by atoms with Gasteiger partial charge in [0.25, 0.3) is 0 Å². The van der Waals surface area contributed by atoms with E-state index in [-0.39, 0.29) is 29.9 Å². The molecule has 0 saturated carbocycles. The highest BCUT2D eigenvalue weighted by molar-refractivity contribution is 7.59. The molecule has 0 aliphatic heterocycles. The molecule has 0 unspecified atom stereocenters. The molecule has 0 saturated heterocycles. The van der Waals surface area contributed by atoms with E-state index in [1.807, 2.05) is 18.2 Å². The summed E-state index contributed by atoms with van der Waals surface area (Å²) >= 11 is 0. The van der Waals surface area contributed by atoms with E-state index >= 15 is 0 Å². The summed E-state index contributed by atoms with van der Waals surface area (Å²) in [6.45, 7) is 0. The molecule has 6 N–H and O–H groups in total. The Labute approximate surface area is 66.3 Å². The first kappa shape index (κ1) is 22.8. The summed E-state index contributed by atoms with van der Waals surface area (Å²) in [5.41, 5.74) is 0. The van der Waals surface area contributed by atoms with Crippen molar-refractivity contribution in [2.45, 2.75) is 0 Å². The van der Waals surface area contributed by atoms with Crippen molar-refractivity contribution in [1.29, 1.82) is 0 Å². The largest absolute Gasteiger partial charge is 0.412 e. The zero-order chi connectivity index (χ0) is 4.24. The molecule has 0 atom stereocenters. The van der Waals surface area contributed by atoms with Crippen LogP contribution >= 0.6 is 13.5 Å². The number of hydrogen-bond acceptors (Lipinski definition) is 1. The molecule has 1 aromatic rings. The van der Waals surface area contributed by atoms with Crippen molar-refractivity contribution in [3.8, 4) is 0 Å². The van der Waals surface area contributed by atoms with Crippen LogP contribution in [0.3, 0.4) is 0 Å². The molecule has 5 heteroatoms. The average Bonchev–Trinajstić information content (AvgIpc) is 1.72. The number of aromatic nitrogens is 1. The van der Waals surface area contributed by atoms with E-state index in [4.69, 9.17) is 0 Å². The fourth-order valence-corrected chi connectivity index (χ4v) is 0.313. The van der Waals surface area contributed by atoms with Gasteiger partial charge in [0, 0.05) is 12.4 Å². The van der Waals surface area contributed by atoms with Crippen LogP contribution in [0.4, 0.5) is 0 Å². The second-order valence-corrected chi connectivity index (χ2v) is 1.02. The lowest BCUT2D eigenvalue weighted by atomic mass is 10.5. The lowest BCUT2D eigenvalue weighted by Crippen LogP contribution is -1.58. The van der Waals surface area contributed by atoms with Crippen molar-refractivity contribution in [2.24, 2.45) is 0 Å². The molecule has 62 valence electrons. The molecule has 0 radical (unpaired) electrons. The van der Waals surface area contributed by atoms with E-state index in [0.29, 0.717) is 0 Å². The molecule has 4 nitrogen and oxygen atoms in total. The zero-order valence-corrected chi connectivity index (χ0v) is 6.33. The van der Waals surface area contributed by atoms with Crippen molar-refractivity contribution in [2.75, 3.05) is 0 Å². The Bertz CT molecular complexity index is 88.8. The van der Waals surface area contributed by atoms with Crippen LogP contribution in [-0.2, 0) is 0 Å². The molecule has 0 bridgehead atoms. The van der Waals surface area contributed by atoms with Gasteiger partial charge >= 0.3 is 0 Å². The van der Waals surface area contributed by atoms with Crippen molar-refractivity contribution in [3.63, 3.8) is 0 Å². The number of pyridine rings is 1. The Morgan fingerprint density at radius 1 is 0.700 bits per heavy atom. The summed E-state index contributed by atoms with van der Waals surface area (Å²) in [6.07, 6.45) is 3.50. The van der Waals surface area contributed by atoms with Crippen molar-refractivity contribution >= 4 is 13.5 Å². The second kappa shape index (κ2) is 15.8. The van der Waals surface area contributed by atoms with Gasteiger partial charge in [0.1, 0.15) is 0 Å². The molecule has 10 heavy (non-hydrogen) atoms. The summed E-state index contributed by atoms with van der Waals surface area (Å²) in [6, 6.07) is 5.72. The van der Waals surface area contributed by atoms with Gasteiger partial charge in [-0.25, -0.2) is 0 Å². The third-order valence-corrected chi connectivity index (χ3v) is 0.566. The minimum absolute atomic E-state index is 0. The number of nitrogens with zero attached hydrogens (tertiary/aromatic N) is 1. The molecule has 0 spiro atoms. The van der Waals surface area contributed by atoms with Crippen LogP contribution in [0.1, 0.15) is 0 Å². The Hall–Kier alpha value is -0.620. The maximum atomic E-state index is 3.78. The Balaban J connectivity index is -0.0000000450. The van der Waals surface area contributed by atoms with Crippen LogP contribution in [0.2, 0.25) is 0 Å². The van der Waals surface area contributed by atoms with Crippen LogP contribution in [0.25, 0.3) is 0 Å². The van der Waals surface area contributed by atoms with Crippen LogP contribution in [0.15, 0.2) is 30.6 Å². The van der Waals surface area contributed by atoms with Crippen molar-refractivity contribution < 1.29 is 16.4 Å². The summed E-state index contributed by atoms with van der Waals surface area (Å²) in [5, 5.41) is 0. The van der Waals surface area contributed by atoms with Crippen LogP contribution in [0, 0.1) is 0 Å². The molecule has 0 aliphatic rings. The minimum Gasteiger partial charge on any atom is -0.412 e. The quantitative estimate of drug-likeness (QED) is 0.471. The first-order valence-electron chi connectivity index (χ1n) is 1.85. The van der Waals surface area contributed by atoms with Gasteiger partial charge in [0.2, 0.25) is 0 Å². The van der Waals surface area contributed by atoms with Gasteiger partial charge in [-0.05, 0) is 12.1 Å². The summed E-state index contributed by atoms with van der Waals surface area (Å²) in [5.74, 6) is 0. The topological polar surface area (TPSA) is 107 Å². The van der Waals surface area contributed by atoms with Crippen LogP contribution in [-0.4, -0.2) is 21.4 Å². The standard InChI is InChI=1S/C5H5N.3H2O.H2S/c1-2-4-6-5-3-1;;;;/h1-5H;4*1H2. The Morgan fingerprint density at radius 2 is 1.10 bits per heavy atom. The smallest absolute Gasteiger partial charge is 0.0267 e. The average molecular weight is 167 g/mol. The van der Waals surface area contributed by atoms with Gasteiger partial charge < -0.3 is 16.4 Å². The minimum atomic E-state index is 0. The van der Waals surface area contributed by atoms with Gasteiger partial charge in [0.15, 0.2) is 0 Å². The normalized spacial score (nSPS) is 4.80. The molecule has 1 rings (SSSR count). The Kier molecular flexibility index (Phi) is 35.9. The Morgan fingerprint density at radius 3 is 1.20 bits per heavy atom. The first-order chi connectivity index (χ1) is 3.00. The predicted octanol–water partition coefficient (Wildman–Crippen LogP) is -1.28. The van der Waals surface area contributed by atoms with Gasteiger partial charge in [-0.15, -0.1) is 0 Å². The van der Waals surface area contributed by atoms with Gasteiger partial charge in [-0.2, -0.15) is 13.5 Å². The van der Waals surface area contributed by atoms with Crippen molar-refractivity contribution in [3.05, 3.63) is 30.6 Å². The SMILES string of the molecule is O.O.O.S.c1ccncc1. The fourth-order valence-electron chi connectivity index (χ4n) is 0.313. The van der Waals surface area contributed by atoms with E-state index in [2.05, 4.69) is 4.98 Å². The third kappa shape index (κ3) is 10.4. The molecule has 0 amide bonds. The summed E-state index contributed by atoms with van der Waals surface area (Å²) < 4.78 is 0. The molecule has 0 aromatic carbocycles. The van der Waals surface area contributed by atoms with Gasteiger partial charge in [-0.1, -0.05) is 6.07 Å². The molecule has 1 aromatic heterocycles. The summed E-state index contributed by atoms with van der Waals surface area (Å²) in [4.78, 5) is 3.78. The lowest BCUT2D eigenvalue weighted by molar-refractivity contribution is 0.823. The van der Waals surface area contributed by atoms with Crippen LogP contribution < -0.4 is 0 Å². The number of rotatable bonds is 0. The molecule has 0 fully saturated rings. The molecular weight excluding hydrogens is 154 g/mol. The van der Waals surface area contributed by atoms with E-state index in [9.17, 15) is 0 Å². The zero-order valence-electron chi connectivity index (χ0n) is 5.33. The monoisotopic (exact) mass is 167 g/mol. The second-order valence-electron chi connectivity index (χ2n) is 1.02. The van der Waals surface area contributed by atoms with Crippen molar-refractivity contribution in [1.82, 2.24) is 4.98 Å². The van der Waals surface area contributed by atoms with E-state index < -0.39 is 0 Å². The maximum absolute atomic E-state index is 3.78.